The standard InChI is InChI=1S/C30H28ClN3O5/c1-5-26(35)34-23(18-13-24(37-2)29(39-4)25(14-18)38-3)16-22(33-34)28-27(17-9-7-6-8-10-17)20-15-19(31)11-12-21(20)32-30(28)36/h6-15,23H,5,16H2,1-4H3,(H,32,36). The summed E-state index contributed by atoms with van der Waals surface area (Å²) < 4.78 is 16.6. The van der Waals surface area contributed by atoms with Crippen LogP contribution in [0, 0.1) is 0 Å². The number of methoxy groups -OCH3 is 3. The zero-order valence-electron chi connectivity index (χ0n) is 22.1. The lowest BCUT2D eigenvalue weighted by Gasteiger charge is -2.23. The molecule has 1 aliphatic rings. The summed E-state index contributed by atoms with van der Waals surface area (Å²) in [4.78, 5) is 29.8. The normalized spacial score (nSPS) is 14.8. The maximum absolute atomic E-state index is 13.6. The molecule has 4 aromatic rings. The molecule has 8 nitrogen and oxygen atoms in total. The molecule has 9 heteroatoms. The second-order valence-electron chi connectivity index (χ2n) is 9.08. The molecule has 2 heterocycles. The smallest absolute Gasteiger partial charge is 0.258 e. The fourth-order valence-electron chi connectivity index (χ4n) is 5.05. The number of ether oxygens (including phenoxy) is 3. The fourth-order valence-corrected chi connectivity index (χ4v) is 5.22. The van der Waals surface area contributed by atoms with E-state index in [0.29, 0.717) is 51.0 Å². The first-order valence-electron chi connectivity index (χ1n) is 12.5. The van der Waals surface area contributed by atoms with E-state index in [-0.39, 0.29) is 17.9 Å². The molecule has 0 aliphatic carbocycles. The van der Waals surface area contributed by atoms with Crippen LogP contribution in [0.2, 0.25) is 5.02 Å². The van der Waals surface area contributed by atoms with Crippen molar-refractivity contribution in [3.63, 3.8) is 0 Å². The van der Waals surface area contributed by atoms with E-state index in [1.165, 1.54) is 12.1 Å². The van der Waals surface area contributed by atoms with Crippen molar-refractivity contribution in [2.24, 2.45) is 5.10 Å². The minimum absolute atomic E-state index is 0.176. The van der Waals surface area contributed by atoms with Gasteiger partial charge >= 0.3 is 0 Å². The van der Waals surface area contributed by atoms with Crippen LogP contribution in [0.1, 0.15) is 36.9 Å². The van der Waals surface area contributed by atoms with E-state index in [1.54, 1.807) is 33.3 Å². The molecule has 0 saturated carbocycles. The molecule has 0 radical (unpaired) electrons. The van der Waals surface area contributed by atoms with E-state index in [9.17, 15) is 9.59 Å². The van der Waals surface area contributed by atoms with Crippen LogP contribution >= 0.6 is 11.6 Å². The number of hydrogen-bond acceptors (Lipinski definition) is 6. The predicted octanol–water partition coefficient (Wildman–Crippen LogP) is 5.96. The van der Waals surface area contributed by atoms with Gasteiger partial charge in [0.1, 0.15) is 0 Å². The number of fused-ring (bicyclic) bond motifs is 1. The van der Waals surface area contributed by atoms with Crippen molar-refractivity contribution < 1.29 is 19.0 Å². The Morgan fingerprint density at radius 1 is 1.00 bits per heavy atom. The number of rotatable bonds is 7. The molecule has 1 N–H and O–H groups in total. The van der Waals surface area contributed by atoms with Crippen LogP contribution < -0.4 is 19.8 Å². The zero-order chi connectivity index (χ0) is 27.7. The Morgan fingerprint density at radius 3 is 2.31 bits per heavy atom. The number of benzene rings is 3. The highest BCUT2D eigenvalue weighted by molar-refractivity contribution is 6.31. The number of aromatic nitrogens is 1. The number of carbonyl (C=O) groups excluding carboxylic acids is 1. The van der Waals surface area contributed by atoms with Crippen molar-refractivity contribution in [3.8, 4) is 28.4 Å². The Balaban J connectivity index is 1.72. The second-order valence-corrected chi connectivity index (χ2v) is 9.51. The molecule has 0 saturated heterocycles. The number of aromatic amines is 1. The van der Waals surface area contributed by atoms with Crippen molar-refractivity contribution in [1.82, 2.24) is 9.99 Å². The highest BCUT2D eigenvalue weighted by atomic mass is 35.5. The lowest BCUT2D eigenvalue weighted by molar-refractivity contribution is -0.132. The number of pyridine rings is 1. The van der Waals surface area contributed by atoms with E-state index >= 15 is 0 Å². The maximum Gasteiger partial charge on any atom is 0.258 e. The van der Waals surface area contributed by atoms with Crippen molar-refractivity contribution >= 4 is 34.1 Å². The number of hydrogen-bond donors (Lipinski definition) is 1. The SMILES string of the molecule is CCC(=O)N1N=C(c2c(-c3ccccc3)c3cc(Cl)ccc3[nH]c2=O)CC1c1cc(OC)c(OC)c(OC)c1. The summed E-state index contributed by atoms with van der Waals surface area (Å²) in [6.07, 6.45) is 0.548. The molecule has 0 fully saturated rings. The summed E-state index contributed by atoms with van der Waals surface area (Å²) in [7, 11) is 4.62. The van der Waals surface area contributed by atoms with Gasteiger partial charge in [0.05, 0.1) is 38.6 Å². The van der Waals surface area contributed by atoms with Crippen LogP contribution in [-0.2, 0) is 4.79 Å². The summed E-state index contributed by atoms with van der Waals surface area (Å²) in [5.41, 5.74) is 3.57. The van der Waals surface area contributed by atoms with Gasteiger partial charge in [-0.2, -0.15) is 5.10 Å². The number of nitrogens with zero attached hydrogens (tertiary/aromatic N) is 2. The van der Waals surface area contributed by atoms with Crippen molar-refractivity contribution in [1.29, 1.82) is 0 Å². The second kappa shape index (κ2) is 10.8. The summed E-state index contributed by atoms with van der Waals surface area (Å²) >= 11 is 6.39. The van der Waals surface area contributed by atoms with Gasteiger partial charge in [0, 0.05) is 34.3 Å². The van der Waals surface area contributed by atoms with Crippen molar-refractivity contribution in [2.75, 3.05) is 21.3 Å². The number of H-pyrrole nitrogens is 1. The third kappa shape index (κ3) is 4.72. The molecule has 0 bridgehead atoms. The number of hydrazone groups is 1. The highest BCUT2D eigenvalue weighted by Gasteiger charge is 2.36. The summed E-state index contributed by atoms with van der Waals surface area (Å²) in [5.74, 6) is 1.20. The highest BCUT2D eigenvalue weighted by Crippen LogP contribution is 2.44. The van der Waals surface area contributed by atoms with Crippen LogP contribution in [0.15, 0.2) is 70.6 Å². The van der Waals surface area contributed by atoms with E-state index in [0.717, 1.165) is 16.5 Å². The first-order chi connectivity index (χ1) is 18.9. The van der Waals surface area contributed by atoms with Gasteiger partial charge in [0.25, 0.3) is 5.56 Å². The number of amides is 1. The Labute approximate surface area is 230 Å². The molecule has 3 aromatic carbocycles. The molecule has 200 valence electrons. The molecule has 5 rings (SSSR count). The maximum atomic E-state index is 13.6. The van der Waals surface area contributed by atoms with Crippen molar-refractivity contribution in [2.45, 2.75) is 25.8 Å². The van der Waals surface area contributed by atoms with Crippen LogP contribution in [0.5, 0.6) is 17.2 Å². The van der Waals surface area contributed by atoms with Gasteiger partial charge in [-0.25, -0.2) is 5.01 Å². The first kappa shape index (κ1) is 26.3. The quantitative estimate of drug-likeness (QED) is 0.309. The molecule has 0 spiro atoms. The summed E-state index contributed by atoms with van der Waals surface area (Å²) in [6.45, 7) is 1.78. The Bertz CT molecular complexity index is 1620. The van der Waals surface area contributed by atoms with Gasteiger partial charge in [-0.1, -0.05) is 48.9 Å². The molecule has 39 heavy (non-hydrogen) atoms. The van der Waals surface area contributed by atoms with E-state index in [4.69, 9.17) is 30.9 Å². The molecule has 1 atom stereocenters. The zero-order valence-corrected chi connectivity index (χ0v) is 22.8. The average molecular weight is 546 g/mol. The Morgan fingerprint density at radius 2 is 1.69 bits per heavy atom. The Hall–Kier alpha value is -4.30. The monoisotopic (exact) mass is 545 g/mol. The minimum Gasteiger partial charge on any atom is -0.493 e. The van der Waals surface area contributed by atoms with Crippen LogP contribution in [0.4, 0.5) is 0 Å². The van der Waals surface area contributed by atoms with Gasteiger partial charge < -0.3 is 19.2 Å². The molecule has 1 unspecified atom stereocenters. The van der Waals surface area contributed by atoms with Crippen LogP contribution in [0.25, 0.3) is 22.0 Å². The Kier molecular flexibility index (Phi) is 7.30. The van der Waals surface area contributed by atoms with Gasteiger partial charge in [0.2, 0.25) is 11.7 Å². The van der Waals surface area contributed by atoms with Crippen LogP contribution in [0.3, 0.4) is 0 Å². The number of nitrogens with one attached hydrogen (secondary N) is 1. The average Bonchev–Trinajstić information content (AvgIpc) is 3.41. The minimum atomic E-state index is -0.487. The lowest BCUT2D eigenvalue weighted by atomic mass is 9.91. The largest absolute Gasteiger partial charge is 0.493 e. The number of halogens is 1. The van der Waals surface area contributed by atoms with Gasteiger partial charge in [0.15, 0.2) is 11.5 Å². The topological polar surface area (TPSA) is 93.2 Å². The summed E-state index contributed by atoms with van der Waals surface area (Å²) in [6, 6.07) is 18.1. The third-order valence-electron chi connectivity index (χ3n) is 6.87. The van der Waals surface area contributed by atoms with Gasteiger partial charge in [-0.15, -0.1) is 0 Å². The third-order valence-corrected chi connectivity index (χ3v) is 7.10. The first-order valence-corrected chi connectivity index (χ1v) is 12.9. The molecular formula is C30H28ClN3O5. The summed E-state index contributed by atoms with van der Waals surface area (Å²) in [5, 5.41) is 7.54. The predicted molar refractivity (Wildman–Crippen MR) is 152 cm³/mol. The number of carbonyl (C=O) groups is 1. The van der Waals surface area contributed by atoms with E-state index in [2.05, 4.69) is 4.98 Å². The van der Waals surface area contributed by atoms with Gasteiger partial charge in [-0.05, 0) is 41.5 Å². The van der Waals surface area contributed by atoms with Crippen LogP contribution in [-0.4, -0.2) is 42.9 Å². The lowest BCUT2D eigenvalue weighted by Crippen LogP contribution is -2.26. The fraction of sp³-hybridized carbons (Fsp3) is 0.233. The molecule has 1 amide bonds. The molecular weight excluding hydrogens is 518 g/mol. The molecule has 1 aromatic heterocycles. The van der Waals surface area contributed by atoms with E-state index < -0.39 is 6.04 Å². The van der Waals surface area contributed by atoms with Gasteiger partial charge in [-0.3, -0.25) is 9.59 Å². The van der Waals surface area contributed by atoms with Crippen molar-refractivity contribution in [3.05, 3.63) is 87.2 Å². The van der Waals surface area contributed by atoms with E-state index in [1.807, 2.05) is 48.5 Å². The molecule has 1 aliphatic heterocycles.